The van der Waals surface area contributed by atoms with Gasteiger partial charge in [0.25, 0.3) is 0 Å². The molecule has 0 bridgehead atoms. The van der Waals surface area contributed by atoms with Crippen LogP contribution in [-0.2, 0) is 22.3 Å². The number of hydrogen-bond donors (Lipinski definition) is 0. The molecule has 0 radical (unpaired) electrons. The van der Waals surface area contributed by atoms with Crippen molar-refractivity contribution in [1.29, 1.82) is 0 Å². The van der Waals surface area contributed by atoms with Gasteiger partial charge in [0, 0.05) is 6.42 Å². The van der Waals surface area contributed by atoms with Gasteiger partial charge in [0.05, 0.1) is 18.2 Å². The quantitative estimate of drug-likeness (QED) is 0.578. The Balaban J connectivity index is 1.89. The average molecular weight is 359 g/mol. The van der Waals surface area contributed by atoms with Gasteiger partial charge in [-0.3, -0.25) is 0 Å². The van der Waals surface area contributed by atoms with E-state index < -0.39 is 12.0 Å². The number of alkyl halides is 1. The molecule has 1 fully saturated rings. The molecule has 134 valence electrons. The fraction of sp³-hybridized carbons (Fsp3) is 0.579. The number of allylic oxidation sites excluding steroid dienone is 1. The number of hydrogen-bond acceptors (Lipinski definition) is 2. The van der Waals surface area contributed by atoms with E-state index in [1.165, 1.54) is 0 Å². The highest BCUT2D eigenvalue weighted by atomic mass is 35.5. The third-order valence-corrected chi connectivity index (χ3v) is 4.67. The Kier molecular flexibility index (Phi) is 7.20. The van der Waals surface area contributed by atoms with Crippen LogP contribution >= 0.6 is 11.6 Å². The van der Waals surface area contributed by atoms with Gasteiger partial charge in [-0.2, -0.15) is 0 Å². The maximum atomic E-state index is 14.3. The molecular weight excluding hydrogens is 334 g/mol. The minimum Gasteiger partial charge on any atom is -0.349 e. The Hall–Kier alpha value is -0.970. The molecule has 1 aliphatic heterocycles. The molecular formula is C19H25ClF2O2. The second-order valence-electron chi connectivity index (χ2n) is 6.33. The third kappa shape index (κ3) is 5.01. The fourth-order valence-electron chi connectivity index (χ4n) is 2.88. The summed E-state index contributed by atoms with van der Waals surface area (Å²) in [7, 11) is 0. The molecule has 1 saturated heterocycles. The summed E-state index contributed by atoms with van der Waals surface area (Å²) in [5.74, 6) is -0.368. The Morgan fingerprint density at radius 1 is 1.29 bits per heavy atom. The van der Waals surface area contributed by atoms with Crippen LogP contribution in [0.4, 0.5) is 8.78 Å². The summed E-state index contributed by atoms with van der Waals surface area (Å²) in [5.41, 5.74) is -0.0770. The van der Waals surface area contributed by atoms with Gasteiger partial charge in [-0.15, -0.1) is 6.58 Å². The lowest BCUT2D eigenvalue weighted by molar-refractivity contribution is -0.236. The molecule has 1 heterocycles. The molecule has 1 aromatic rings. The van der Waals surface area contributed by atoms with Crippen molar-refractivity contribution in [3.63, 3.8) is 0 Å². The van der Waals surface area contributed by atoms with E-state index in [9.17, 15) is 8.78 Å². The summed E-state index contributed by atoms with van der Waals surface area (Å²) >= 11 is 6.14. The van der Waals surface area contributed by atoms with Crippen molar-refractivity contribution in [2.45, 2.75) is 57.4 Å². The first-order valence-electron chi connectivity index (χ1n) is 8.48. The summed E-state index contributed by atoms with van der Waals surface area (Å²) < 4.78 is 39.4. The van der Waals surface area contributed by atoms with Gasteiger partial charge in [0.15, 0.2) is 12.0 Å². The van der Waals surface area contributed by atoms with Crippen LogP contribution in [-0.4, -0.2) is 25.2 Å². The average Bonchev–Trinajstić information content (AvgIpc) is 2.57. The van der Waals surface area contributed by atoms with E-state index in [1.807, 2.05) is 13.0 Å². The van der Waals surface area contributed by atoms with Gasteiger partial charge in [-0.25, -0.2) is 8.78 Å². The van der Waals surface area contributed by atoms with Crippen LogP contribution in [0.15, 0.2) is 24.8 Å². The van der Waals surface area contributed by atoms with Crippen molar-refractivity contribution in [2.75, 3.05) is 13.2 Å². The second kappa shape index (κ2) is 8.93. The van der Waals surface area contributed by atoms with E-state index in [-0.39, 0.29) is 24.1 Å². The van der Waals surface area contributed by atoms with Crippen molar-refractivity contribution in [3.8, 4) is 0 Å². The molecule has 24 heavy (non-hydrogen) atoms. The molecule has 0 aromatic heterocycles. The topological polar surface area (TPSA) is 18.5 Å². The first-order valence-corrected chi connectivity index (χ1v) is 8.85. The van der Waals surface area contributed by atoms with Crippen LogP contribution in [0.1, 0.15) is 43.7 Å². The Labute approximate surface area is 147 Å². The normalized spacial score (nSPS) is 24.1. The highest BCUT2D eigenvalue weighted by Gasteiger charge is 2.36. The van der Waals surface area contributed by atoms with Crippen LogP contribution in [0, 0.1) is 5.82 Å². The van der Waals surface area contributed by atoms with E-state index in [4.69, 9.17) is 21.1 Å². The minimum atomic E-state index is -1.39. The van der Waals surface area contributed by atoms with E-state index in [0.717, 1.165) is 12.0 Å². The summed E-state index contributed by atoms with van der Waals surface area (Å²) in [6.07, 6.45) is 4.80. The van der Waals surface area contributed by atoms with Crippen molar-refractivity contribution in [2.24, 2.45) is 0 Å². The Morgan fingerprint density at radius 3 is 2.58 bits per heavy atom. The molecule has 0 amide bonds. The zero-order valence-electron chi connectivity index (χ0n) is 14.1. The standard InChI is InChI=1S/C19H25ClF2O2/c1-3-5-6-15-8-7-14(17(20)18(15)21)9-10-16-23-12-19(22,11-4-2)13-24-16/h3,7-8,16H,1,4-6,9-13H2,2H3. The van der Waals surface area contributed by atoms with Gasteiger partial charge in [0.1, 0.15) is 5.82 Å². The van der Waals surface area contributed by atoms with Gasteiger partial charge in [-0.05, 0) is 36.8 Å². The van der Waals surface area contributed by atoms with Crippen LogP contribution < -0.4 is 0 Å². The Morgan fingerprint density at radius 2 is 1.96 bits per heavy atom. The van der Waals surface area contributed by atoms with E-state index >= 15 is 0 Å². The second-order valence-corrected chi connectivity index (χ2v) is 6.71. The zero-order valence-corrected chi connectivity index (χ0v) is 14.9. The minimum absolute atomic E-state index is 0.0497. The van der Waals surface area contributed by atoms with Crippen molar-refractivity contribution < 1.29 is 18.3 Å². The molecule has 0 spiro atoms. The third-order valence-electron chi connectivity index (χ3n) is 4.26. The summed E-state index contributed by atoms with van der Waals surface area (Å²) in [6.45, 7) is 5.67. The van der Waals surface area contributed by atoms with Crippen LogP contribution in [0.3, 0.4) is 0 Å². The lowest BCUT2D eigenvalue weighted by atomic mass is 10.0. The predicted octanol–water partition coefficient (Wildman–Crippen LogP) is 5.41. The first-order chi connectivity index (χ1) is 11.5. The molecule has 5 heteroatoms. The van der Waals surface area contributed by atoms with Gasteiger partial charge in [0.2, 0.25) is 0 Å². The number of halogens is 3. The Bertz CT molecular complexity index is 555. The maximum absolute atomic E-state index is 14.3. The SMILES string of the molecule is C=CCCc1ccc(CCC2OCC(F)(CCC)CO2)c(Cl)c1F. The number of aryl methyl sites for hydroxylation is 2. The number of benzene rings is 1. The lowest BCUT2D eigenvalue weighted by Crippen LogP contribution is -2.44. The summed E-state index contributed by atoms with van der Waals surface area (Å²) in [6, 6.07) is 3.60. The van der Waals surface area contributed by atoms with E-state index in [0.29, 0.717) is 37.7 Å². The number of rotatable bonds is 8. The monoisotopic (exact) mass is 358 g/mol. The molecule has 1 aromatic carbocycles. The van der Waals surface area contributed by atoms with Gasteiger partial charge >= 0.3 is 0 Å². The van der Waals surface area contributed by atoms with Crippen molar-refractivity contribution in [1.82, 2.24) is 0 Å². The molecule has 2 rings (SSSR count). The molecule has 0 atom stereocenters. The van der Waals surface area contributed by atoms with Gasteiger partial charge < -0.3 is 9.47 Å². The molecule has 1 aliphatic rings. The van der Waals surface area contributed by atoms with Gasteiger partial charge in [-0.1, -0.05) is 43.2 Å². The molecule has 0 unspecified atom stereocenters. The predicted molar refractivity (Wildman–Crippen MR) is 92.7 cm³/mol. The summed E-state index contributed by atoms with van der Waals surface area (Å²) in [5, 5.41) is 0.151. The van der Waals surface area contributed by atoms with E-state index in [2.05, 4.69) is 6.58 Å². The molecule has 2 nitrogen and oxygen atoms in total. The van der Waals surface area contributed by atoms with Crippen LogP contribution in [0.2, 0.25) is 5.02 Å². The van der Waals surface area contributed by atoms with Crippen LogP contribution in [0.5, 0.6) is 0 Å². The first kappa shape index (κ1) is 19.4. The molecule has 0 saturated carbocycles. The van der Waals surface area contributed by atoms with E-state index in [1.54, 1.807) is 12.1 Å². The highest BCUT2D eigenvalue weighted by molar-refractivity contribution is 6.31. The fourth-order valence-corrected chi connectivity index (χ4v) is 3.16. The van der Waals surface area contributed by atoms with Crippen LogP contribution in [0.25, 0.3) is 0 Å². The molecule has 0 N–H and O–H groups in total. The van der Waals surface area contributed by atoms with Crippen molar-refractivity contribution in [3.05, 3.63) is 46.8 Å². The molecule has 0 aliphatic carbocycles. The number of ether oxygens (including phenoxy) is 2. The smallest absolute Gasteiger partial charge is 0.158 e. The summed E-state index contributed by atoms with van der Waals surface area (Å²) in [4.78, 5) is 0. The lowest BCUT2D eigenvalue weighted by Gasteiger charge is -2.34. The zero-order chi connectivity index (χ0) is 17.6. The van der Waals surface area contributed by atoms with Crippen molar-refractivity contribution >= 4 is 11.6 Å². The maximum Gasteiger partial charge on any atom is 0.158 e. The highest BCUT2D eigenvalue weighted by Crippen LogP contribution is 2.29. The largest absolute Gasteiger partial charge is 0.349 e.